The van der Waals surface area contributed by atoms with Crippen LogP contribution in [0.4, 0.5) is 0 Å². The molecule has 394 valence electrons. The number of unbranched alkanes of at least 4 members (excludes halogenated alkanes) is 40. The predicted octanol–water partition coefficient (Wildman–Crippen LogP) is 19.9. The van der Waals surface area contributed by atoms with Crippen LogP contribution < -0.4 is 0 Å². The highest BCUT2D eigenvalue weighted by atomic mass is 16.6. The number of allylic oxidation sites excluding steroid dienone is 4. The van der Waals surface area contributed by atoms with Crippen LogP contribution >= 0.6 is 0 Å². The van der Waals surface area contributed by atoms with Gasteiger partial charge in [0, 0.05) is 19.3 Å². The van der Waals surface area contributed by atoms with Crippen molar-refractivity contribution in [3.8, 4) is 0 Å². The molecule has 1 atom stereocenters. The van der Waals surface area contributed by atoms with Gasteiger partial charge >= 0.3 is 17.9 Å². The number of hydrogen-bond acceptors (Lipinski definition) is 6. The summed E-state index contributed by atoms with van der Waals surface area (Å²) in [7, 11) is 0. The minimum atomic E-state index is -0.774. The second-order valence-corrected chi connectivity index (χ2v) is 20.3. The fourth-order valence-corrected chi connectivity index (χ4v) is 8.91. The molecule has 0 fully saturated rings. The standard InChI is InChI=1S/C61H114O6/c1-4-7-10-13-16-19-22-25-28-29-30-31-34-36-39-42-45-48-51-54-60(63)66-57-58(67-61(64)55-52-49-46-43-40-37-33-27-24-21-18-15-12-9-6-3)56-65-59(62)53-50-47-44-41-38-35-32-26-23-20-17-14-11-8-5-2/h20,23,27,33,58H,4-19,21-22,24-26,28-32,34-57H2,1-3H3/b23-20-,33-27-/t58-/m1/s1. The van der Waals surface area contributed by atoms with Crippen molar-refractivity contribution in [2.45, 2.75) is 335 Å². The molecule has 0 unspecified atom stereocenters. The highest BCUT2D eigenvalue weighted by Gasteiger charge is 2.19. The van der Waals surface area contributed by atoms with Crippen molar-refractivity contribution in [2.24, 2.45) is 0 Å². The summed E-state index contributed by atoms with van der Waals surface area (Å²) in [5, 5.41) is 0. The Bertz CT molecular complexity index is 1080. The lowest BCUT2D eigenvalue weighted by molar-refractivity contribution is -0.167. The minimum Gasteiger partial charge on any atom is -0.462 e. The minimum absolute atomic E-state index is 0.0713. The molecular formula is C61H114O6. The SMILES string of the molecule is CCCCCC/C=C\CCCCCCCCCC(=O)OC[C@H](COC(=O)CCCCCCCCCCCCCCCCCCCCC)OC(=O)CCCCCCC/C=C\CCCCCCCC. The molecule has 6 heteroatoms. The summed E-state index contributed by atoms with van der Waals surface area (Å²) in [6, 6.07) is 0. The van der Waals surface area contributed by atoms with Gasteiger partial charge in [0.25, 0.3) is 0 Å². The van der Waals surface area contributed by atoms with Gasteiger partial charge in [-0.25, -0.2) is 0 Å². The number of esters is 3. The number of carbonyl (C=O) groups excluding carboxylic acids is 3. The summed E-state index contributed by atoms with van der Waals surface area (Å²) in [6.07, 6.45) is 66.0. The van der Waals surface area contributed by atoms with Gasteiger partial charge in [0.05, 0.1) is 0 Å². The average Bonchev–Trinajstić information content (AvgIpc) is 3.33. The van der Waals surface area contributed by atoms with Crippen LogP contribution in [0, 0.1) is 0 Å². The van der Waals surface area contributed by atoms with E-state index in [0.717, 1.165) is 64.2 Å². The van der Waals surface area contributed by atoms with E-state index in [1.165, 1.54) is 225 Å². The average molecular weight is 944 g/mol. The summed E-state index contributed by atoms with van der Waals surface area (Å²) in [5.74, 6) is -0.863. The fourth-order valence-electron chi connectivity index (χ4n) is 8.91. The van der Waals surface area contributed by atoms with Crippen LogP contribution in [0.25, 0.3) is 0 Å². The van der Waals surface area contributed by atoms with Crippen molar-refractivity contribution in [3.63, 3.8) is 0 Å². The van der Waals surface area contributed by atoms with Crippen LogP contribution in [0.15, 0.2) is 24.3 Å². The Morgan fingerprint density at radius 3 is 0.761 bits per heavy atom. The van der Waals surface area contributed by atoms with E-state index >= 15 is 0 Å². The van der Waals surface area contributed by atoms with Crippen molar-refractivity contribution < 1.29 is 28.6 Å². The first-order valence-electron chi connectivity index (χ1n) is 29.8. The Hall–Kier alpha value is -2.11. The molecule has 0 aliphatic heterocycles. The Balaban J connectivity index is 4.32. The molecule has 0 rings (SSSR count). The van der Waals surface area contributed by atoms with Crippen molar-refractivity contribution in [1.82, 2.24) is 0 Å². The maximum atomic E-state index is 12.9. The lowest BCUT2D eigenvalue weighted by Crippen LogP contribution is -2.30. The van der Waals surface area contributed by atoms with E-state index < -0.39 is 6.10 Å². The van der Waals surface area contributed by atoms with E-state index in [4.69, 9.17) is 14.2 Å². The lowest BCUT2D eigenvalue weighted by atomic mass is 10.0. The maximum absolute atomic E-state index is 12.9. The number of rotatable bonds is 55. The molecule has 0 aliphatic rings. The normalized spacial score (nSPS) is 12.1. The number of ether oxygens (including phenoxy) is 3. The smallest absolute Gasteiger partial charge is 0.306 e. The summed E-state index contributed by atoms with van der Waals surface area (Å²) < 4.78 is 16.9. The van der Waals surface area contributed by atoms with E-state index in [0.29, 0.717) is 19.3 Å². The van der Waals surface area contributed by atoms with E-state index in [9.17, 15) is 14.4 Å². The molecule has 67 heavy (non-hydrogen) atoms. The van der Waals surface area contributed by atoms with E-state index in [2.05, 4.69) is 45.1 Å². The third kappa shape index (κ3) is 54.7. The second kappa shape index (κ2) is 56.5. The first-order chi connectivity index (χ1) is 33.0. The van der Waals surface area contributed by atoms with E-state index in [1.54, 1.807) is 0 Å². The Labute approximate surface area is 417 Å². The van der Waals surface area contributed by atoms with Crippen LogP contribution in [-0.2, 0) is 28.6 Å². The Kier molecular flexibility index (Phi) is 54.7. The first kappa shape index (κ1) is 64.9. The van der Waals surface area contributed by atoms with Gasteiger partial charge in [-0.2, -0.15) is 0 Å². The van der Waals surface area contributed by atoms with Crippen LogP contribution in [0.3, 0.4) is 0 Å². The Morgan fingerprint density at radius 2 is 0.493 bits per heavy atom. The molecule has 0 heterocycles. The molecule has 0 aliphatic carbocycles. The van der Waals surface area contributed by atoms with Crippen LogP contribution in [-0.4, -0.2) is 37.2 Å². The van der Waals surface area contributed by atoms with Gasteiger partial charge in [0.15, 0.2) is 6.10 Å². The largest absolute Gasteiger partial charge is 0.462 e. The molecule has 0 amide bonds. The van der Waals surface area contributed by atoms with Gasteiger partial charge in [-0.05, 0) is 70.6 Å². The van der Waals surface area contributed by atoms with Gasteiger partial charge < -0.3 is 14.2 Å². The molecule has 0 aromatic carbocycles. The molecule has 0 spiro atoms. The van der Waals surface area contributed by atoms with E-state index in [-0.39, 0.29) is 31.1 Å². The van der Waals surface area contributed by atoms with Crippen molar-refractivity contribution in [3.05, 3.63) is 24.3 Å². The maximum Gasteiger partial charge on any atom is 0.306 e. The van der Waals surface area contributed by atoms with Gasteiger partial charge in [-0.1, -0.05) is 263 Å². The fraction of sp³-hybridized carbons (Fsp3) is 0.885. The van der Waals surface area contributed by atoms with Crippen LogP contribution in [0.5, 0.6) is 0 Å². The van der Waals surface area contributed by atoms with E-state index in [1.807, 2.05) is 0 Å². The molecule has 6 nitrogen and oxygen atoms in total. The summed E-state index contributed by atoms with van der Waals surface area (Å²) in [4.78, 5) is 38.2. The summed E-state index contributed by atoms with van der Waals surface area (Å²) >= 11 is 0. The van der Waals surface area contributed by atoms with Gasteiger partial charge in [-0.3, -0.25) is 14.4 Å². The van der Waals surface area contributed by atoms with Crippen molar-refractivity contribution in [2.75, 3.05) is 13.2 Å². The third-order valence-electron chi connectivity index (χ3n) is 13.4. The van der Waals surface area contributed by atoms with Crippen LogP contribution in [0.2, 0.25) is 0 Å². The molecule has 0 aromatic heterocycles. The molecule has 0 N–H and O–H groups in total. The zero-order chi connectivity index (χ0) is 48.6. The zero-order valence-corrected chi connectivity index (χ0v) is 45.2. The molecule has 0 saturated heterocycles. The lowest BCUT2D eigenvalue weighted by Gasteiger charge is -2.18. The molecule has 0 radical (unpaired) electrons. The number of hydrogen-bond donors (Lipinski definition) is 0. The van der Waals surface area contributed by atoms with Crippen molar-refractivity contribution >= 4 is 17.9 Å². The molecule has 0 bridgehead atoms. The monoisotopic (exact) mass is 943 g/mol. The third-order valence-corrected chi connectivity index (χ3v) is 13.4. The summed E-state index contributed by atoms with van der Waals surface area (Å²) in [6.45, 7) is 6.66. The highest BCUT2D eigenvalue weighted by Crippen LogP contribution is 2.17. The Morgan fingerprint density at radius 1 is 0.284 bits per heavy atom. The quantitative estimate of drug-likeness (QED) is 0.0262. The summed E-state index contributed by atoms with van der Waals surface area (Å²) in [5.41, 5.74) is 0. The zero-order valence-electron chi connectivity index (χ0n) is 45.2. The second-order valence-electron chi connectivity index (χ2n) is 20.3. The van der Waals surface area contributed by atoms with Gasteiger partial charge in [0.2, 0.25) is 0 Å². The number of carbonyl (C=O) groups is 3. The molecular weight excluding hydrogens is 829 g/mol. The topological polar surface area (TPSA) is 78.9 Å². The highest BCUT2D eigenvalue weighted by molar-refractivity contribution is 5.71. The first-order valence-corrected chi connectivity index (χ1v) is 29.8. The van der Waals surface area contributed by atoms with Gasteiger partial charge in [0.1, 0.15) is 13.2 Å². The molecule has 0 saturated carbocycles. The molecule has 0 aromatic rings. The van der Waals surface area contributed by atoms with Crippen molar-refractivity contribution in [1.29, 1.82) is 0 Å². The predicted molar refractivity (Wildman–Crippen MR) is 289 cm³/mol. The van der Waals surface area contributed by atoms with Gasteiger partial charge in [-0.15, -0.1) is 0 Å². The van der Waals surface area contributed by atoms with Crippen LogP contribution in [0.1, 0.15) is 329 Å².